The third-order valence-electron chi connectivity index (χ3n) is 2.51. The Morgan fingerprint density at radius 2 is 1.80 bits per heavy atom. The molecule has 0 spiro atoms. The van der Waals surface area contributed by atoms with Crippen LogP contribution < -0.4 is 5.32 Å². The van der Waals surface area contributed by atoms with Crippen LogP contribution in [0.3, 0.4) is 0 Å². The van der Waals surface area contributed by atoms with Crippen molar-refractivity contribution in [1.29, 1.82) is 0 Å². The summed E-state index contributed by atoms with van der Waals surface area (Å²) in [4.78, 5) is 0.921. The lowest BCUT2D eigenvalue weighted by Gasteiger charge is -2.14. The molecular formula is C13H23NS. The van der Waals surface area contributed by atoms with E-state index in [0.717, 1.165) is 11.4 Å². The highest BCUT2D eigenvalue weighted by atomic mass is 32.1. The maximum Gasteiger partial charge on any atom is 0.0820 e. The summed E-state index contributed by atoms with van der Waals surface area (Å²) in [7, 11) is 0. The molecule has 0 fully saturated rings. The zero-order valence-corrected chi connectivity index (χ0v) is 11.6. The Labute approximate surface area is 99.6 Å². The van der Waals surface area contributed by atoms with E-state index in [9.17, 15) is 0 Å². The summed E-state index contributed by atoms with van der Waals surface area (Å²) in [5.41, 5.74) is 3.94. The average Bonchev–Trinajstić information content (AvgIpc) is 2.16. The zero-order valence-electron chi connectivity index (χ0n) is 10.8. The van der Waals surface area contributed by atoms with E-state index < -0.39 is 0 Å². The molecule has 0 saturated heterocycles. The lowest BCUT2D eigenvalue weighted by molar-refractivity contribution is 0.850. The monoisotopic (exact) mass is 225 g/mol. The molecule has 0 unspecified atom stereocenters. The lowest BCUT2D eigenvalue weighted by atomic mass is 10.1. The van der Waals surface area contributed by atoms with E-state index in [2.05, 4.69) is 52.9 Å². The Morgan fingerprint density at radius 1 is 1.27 bits per heavy atom. The highest BCUT2D eigenvalue weighted by Crippen LogP contribution is 2.13. The van der Waals surface area contributed by atoms with E-state index in [-0.39, 0.29) is 0 Å². The third kappa shape index (κ3) is 5.73. The summed E-state index contributed by atoms with van der Waals surface area (Å²) in [5.74, 6) is 0.408. The first-order valence-electron chi connectivity index (χ1n) is 5.47. The van der Waals surface area contributed by atoms with Gasteiger partial charge in [0.25, 0.3) is 0 Å². The average molecular weight is 225 g/mol. The van der Waals surface area contributed by atoms with E-state index >= 15 is 0 Å². The van der Waals surface area contributed by atoms with Gasteiger partial charge in [-0.2, -0.15) is 0 Å². The van der Waals surface area contributed by atoms with Crippen LogP contribution in [0, 0.1) is 5.92 Å². The largest absolute Gasteiger partial charge is 0.354 e. The molecule has 0 aliphatic heterocycles. The summed E-state index contributed by atoms with van der Waals surface area (Å²) in [6.07, 6.45) is 3.17. The second-order valence-corrected chi connectivity index (χ2v) is 4.80. The van der Waals surface area contributed by atoms with E-state index in [1.807, 2.05) is 0 Å². The van der Waals surface area contributed by atoms with Crippen LogP contribution in [0.2, 0.25) is 0 Å². The number of allylic oxidation sites excluding steroid dienone is 4. The van der Waals surface area contributed by atoms with Crippen molar-refractivity contribution in [3.05, 3.63) is 22.9 Å². The van der Waals surface area contributed by atoms with Crippen LogP contribution >= 0.6 is 12.2 Å². The predicted octanol–water partition coefficient (Wildman–Crippen LogP) is 4.21. The first-order chi connectivity index (χ1) is 6.88. The minimum atomic E-state index is 0.408. The number of hydrogen-bond acceptors (Lipinski definition) is 1. The molecule has 0 heterocycles. The van der Waals surface area contributed by atoms with Gasteiger partial charge in [0.15, 0.2) is 0 Å². The van der Waals surface area contributed by atoms with Gasteiger partial charge in [-0.05, 0) is 34.1 Å². The van der Waals surface area contributed by atoms with E-state index in [0.29, 0.717) is 5.92 Å². The van der Waals surface area contributed by atoms with Crippen molar-refractivity contribution in [2.24, 2.45) is 5.92 Å². The number of thiocarbonyl (C=S) groups is 1. The molecule has 86 valence electrons. The molecule has 1 N–H and O–H groups in total. The molecule has 0 amide bonds. The molecule has 0 radical (unpaired) electrons. The van der Waals surface area contributed by atoms with Gasteiger partial charge in [0.1, 0.15) is 0 Å². The smallest absolute Gasteiger partial charge is 0.0820 e. The normalized spacial score (nSPS) is 13.9. The van der Waals surface area contributed by atoms with E-state index in [4.69, 9.17) is 12.2 Å². The molecule has 0 aliphatic rings. The van der Waals surface area contributed by atoms with Gasteiger partial charge in [-0.15, -0.1) is 0 Å². The molecule has 0 aliphatic carbocycles. The predicted molar refractivity (Wildman–Crippen MR) is 73.0 cm³/mol. The van der Waals surface area contributed by atoms with Gasteiger partial charge in [-0.1, -0.05) is 43.3 Å². The molecule has 1 nitrogen and oxygen atoms in total. The molecule has 0 atom stereocenters. The number of nitrogens with one attached hydrogen (secondary N) is 1. The third-order valence-corrected chi connectivity index (χ3v) is 3.09. The zero-order chi connectivity index (χ0) is 12.0. The lowest BCUT2D eigenvalue weighted by Crippen LogP contribution is -2.24. The van der Waals surface area contributed by atoms with Crippen molar-refractivity contribution < 1.29 is 0 Å². The van der Waals surface area contributed by atoms with E-state index in [1.54, 1.807) is 0 Å². The van der Waals surface area contributed by atoms with Crippen molar-refractivity contribution in [2.75, 3.05) is 0 Å². The van der Waals surface area contributed by atoms with Gasteiger partial charge in [0.2, 0.25) is 0 Å². The Morgan fingerprint density at radius 3 is 2.20 bits per heavy atom. The maximum atomic E-state index is 5.26. The first-order valence-corrected chi connectivity index (χ1v) is 5.88. The minimum absolute atomic E-state index is 0.408. The van der Waals surface area contributed by atoms with Gasteiger partial charge in [0.05, 0.1) is 4.99 Å². The number of hydrogen-bond donors (Lipinski definition) is 1. The second-order valence-electron chi connectivity index (χ2n) is 4.36. The SMILES string of the molecule is C/C=C(\C)C/C(C)=C(\C)NC(=S)C(C)C. The molecule has 15 heavy (non-hydrogen) atoms. The minimum Gasteiger partial charge on any atom is -0.354 e. The Bertz CT molecular complexity index is 285. The van der Waals surface area contributed by atoms with Gasteiger partial charge in [0, 0.05) is 11.6 Å². The molecular weight excluding hydrogens is 202 g/mol. The molecule has 0 aromatic heterocycles. The maximum absolute atomic E-state index is 5.26. The summed E-state index contributed by atoms with van der Waals surface area (Å²) >= 11 is 5.26. The van der Waals surface area contributed by atoms with Crippen molar-refractivity contribution in [3.63, 3.8) is 0 Å². The molecule has 0 aromatic rings. The summed E-state index contributed by atoms with van der Waals surface area (Å²) in [5, 5.41) is 3.29. The molecule has 0 rings (SSSR count). The summed E-state index contributed by atoms with van der Waals surface area (Å²) in [6, 6.07) is 0. The fourth-order valence-corrected chi connectivity index (χ4v) is 1.24. The standard InChI is InChI=1S/C13H23NS/c1-7-10(4)8-11(5)12(6)14-13(15)9(2)3/h7,9H,8H2,1-6H3,(H,14,15)/b10-7+,12-11+. The molecule has 0 aromatic carbocycles. The molecule has 0 saturated carbocycles. The summed E-state index contributed by atoms with van der Waals surface area (Å²) in [6.45, 7) is 12.7. The highest BCUT2D eigenvalue weighted by Gasteiger charge is 2.04. The van der Waals surface area contributed by atoms with Crippen molar-refractivity contribution in [1.82, 2.24) is 5.32 Å². The quantitative estimate of drug-likeness (QED) is 0.568. The van der Waals surface area contributed by atoms with Gasteiger partial charge in [-0.25, -0.2) is 0 Å². The van der Waals surface area contributed by atoms with Crippen LogP contribution in [0.4, 0.5) is 0 Å². The van der Waals surface area contributed by atoms with Crippen LogP contribution in [-0.2, 0) is 0 Å². The van der Waals surface area contributed by atoms with Crippen molar-refractivity contribution in [2.45, 2.75) is 48.0 Å². The molecule has 2 heteroatoms. The van der Waals surface area contributed by atoms with Crippen LogP contribution in [0.1, 0.15) is 48.0 Å². The summed E-state index contributed by atoms with van der Waals surface area (Å²) < 4.78 is 0. The molecule has 0 bridgehead atoms. The fourth-order valence-electron chi connectivity index (χ4n) is 1.09. The van der Waals surface area contributed by atoms with E-state index in [1.165, 1.54) is 16.8 Å². The van der Waals surface area contributed by atoms with Crippen LogP contribution in [0.5, 0.6) is 0 Å². The number of rotatable bonds is 4. The van der Waals surface area contributed by atoms with Crippen LogP contribution in [0.15, 0.2) is 22.9 Å². The second kappa shape index (κ2) is 6.78. The Balaban J connectivity index is 4.46. The van der Waals surface area contributed by atoms with Crippen molar-refractivity contribution >= 4 is 17.2 Å². The fraction of sp³-hybridized carbons (Fsp3) is 0.615. The van der Waals surface area contributed by atoms with Crippen molar-refractivity contribution in [3.8, 4) is 0 Å². The topological polar surface area (TPSA) is 12.0 Å². The van der Waals surface area contributed by atoms with Gasteiger partial charge in [-0.3, -0.25) is 0 Å². The Kier molecular flexibility index (Phi) is 6.50. The Hall–Kier alpha value is -0.630. The van der Waals surface area contributed by atoms with Crippen LogP contribution in [0.25, 0.3) is 0 Å². The van der Waals surface area contributed by atoms with Gasteiger partial charge < -0.3 is 5.32 Å². The first kappa shape index (κ1) is 14.4. The van der Waals surface area contributed by atoms with Gasteiger partial charge >= 0.3 is 0 Å². The highest BCUT2D eigenvalue weighted by molar-refractivity contribution is 7.80. The van der Waals surface area contributed by atoms with Crippen LogP contribution in [-0.4, -0.2) is 4.99 Å².